The van der Waals surface area contributed by atoms with E-state index in [1.165, 1.54) is 42.3 Å². The standard InChI is InChI=1S/C16H15F3N2O4S/c1-20(10-11-6-3-4-7-12(11)16(17,18)19)13-8-5-9-14(26(2,24)25)15(13)21(22)23/h3-9H,10H2,1-2H3. The number of anilines is 1. The molecule has 0 bridgehead atoms. The molecular formula is C16H15F3N2O4S. The van der Waals surface area contributed by atoms with Crippen LogP contribution in [-0.4, -0.2) is 26.6 Å². The molecule has 2 rings (SSSR count). The van der Waals surface area contributed by atoms with Crippen molar-refractivity contribution in [3.8, 4) is 0 Å². The Kier molecular flexibility index (Phi) is 5.26. The van der Waals surface area contributed by atoms with Crippen LogP contribution in [0.5, 0.6) is 0 Å². The number of nitro groups is 1. The van der Waals surface area contributed by atoms with E-state index in [0.717, 1.165) is 18.4 Å². The highest BCUT2D eigenvalue weighted by molar-refractivity contribution is 7.90. The zero-order valence-electron chi connectivity index (χ0n) is 13.8. The molecule has 0 atom stereocenters. The molecule has 0 aliphatic rings. The summed E-state index contributed by atoms with van der Waals surface area (Å²) in [4.78, 5) is 11.3. The Hall–Kier alpha value is -2.62. The molecule has 0 aromatic heterocycles. The molecule has 0 aliphatic carbocycles. The highest BCUT2D eigenvalue weighted by Gasteiger charge is 2.34. The van der Waals surface area contributed by atoms with Crippen LogP contribution in [0.3, 0.4) is 0 Å². The van der Waals surface area contributed by atoms with Gasteiger partial charge in [0.1, 0.15) is 10.6 Å². The number of nitrogens with zero attached hydrogens (tertiary/aromatic N) is 2. The predicted octanol–water partition coefficient (Wildman–Crippen LogP) is 3.65. The molecule has 0 saturated carbocycles. The number of sulfone groups is 1. The van der Waals surface area contributed by atoms with Gasteiger partial charge >= 0.3 is 11.9 Å². The van der Waals surface area contributed by atoms with E-state index in [9.17, 15) is 31.7 Å². The maximum Gasteiger partial charge on any atom is 0.416 e. The number of hydrogen-bond donors (Lipinski definition) is 0. The number of hydrogen-bond acceptors (Lipinski definition) is 5. The van der Waals surface area contributed by atoms with Gasteiger partial charge in [0.25, 0.3) is 0 Å². The van der Waals surface area contributed by atoms with Crippen LogP contribution in [0.4, 0.5) is 24.5 Å². The maximum absolute atomic E-state index is 13.1. The zero-order chi connectivity index (χ0) is 19.7. The number of halogens is 3. The van der Waals surface area contributed by atoms with Gasteiger partial charge in [-0.05, 0) is 23.8 Å². The lowest BCUT2D eigenvalue weighted by Crippen LogP contribution is -2.21. The Bertz CT molecular complexity index is 943. The molecule has 2 aromatic rings. The average Bonchev–Trinajstić information content (AvgIpc) is 2.52. The van der Waals surface area contributed by atoms with E-state index >= 15 is 0 Å². The van der Waals surface area contributed by atoms with Crippen LogP contribution in [0.1, 0.15) is 11.1 Å². The first-order valence-corrected chi connectivity index (χ1v) is 9.15. The fraction of sp³-hybridized carbons (Fsp3) is 0.250. The van der Waals surface area contributed by atoms with E-state index < -0.39 is 37.1 Å². The van der Waals surface area contributed by atoms with E-state index in [-0.39, 0.29) is 17.8 Å². The minimum absolute atomic E-state index is 0.0819. The van der Waals surface area contributed by atoms with Gasteiger partial charge in [-0.15, -0.1) is 0 Å². The van der Waals surface area contributed by atoms with Crippen LogP contribution in [0.2, 0.25) is 0 Å². The van der Waals surface area contributed by atoms with Gasteiger partial charge in [0, 0.05) is 19.8 Å². The van der Waals surface area contributed by atoms with E-state index in [4.69, 9.17) is 0 Å². The topological polar surface area (TPSA) is 80.5 Å². The van der Waals surface area contributed by atoms with Crippen molar-refractivity contribution in [2.75, 3.05) is 18.2 Å². The number of alkyl halides is 3. The Labute approximate surface area is 147 Å². The first-order valence-electron chi connectivity index (χ1n) is 7.26. The predicted molar refractivity (Wildman–Crippen MR) is 89.8 cm³/mol. The van der Waals surface area contributed by atoms with Crippen LogP contribution in [-0.2, 0) is 22.6 Å². The van der Waals surface area contributed by atoms with Crippen molar-refractivity contribution in [3.63, 3.8) is 0 Å². The second kappa shape index (κ2) is 6.94. The van der Waals surface area contributed by atoms with Gasteiger partial charge in [-0.1, -0.05) is 24.3 Å². The van der Waals surface area contributed by atoms with Crippen LogP contribution < -0.4 is 4.90 Å². The summed E-state index contributed by atoms with van der Waals surface area (Å²) in [5.41, 5.74) is -1.69. The van der Waals surface area contributed by atoms with E-state index in [2.05, 4.69) is 0 Å². The minimum atomic E-state index is -4.57. The van der Waals surface area contributed by atoms with Crippen molar-refractivity contribution < 1.29 is 26.5 Å². The Morgan fingerprint density at radius 1 is 1.12 bits per heavy atom. The lowest BCUT2D eigenvalue weighted by atomic mass is 10.1. The maximum atomic E-state index is 13.1. The summed E-state index contributed by atoms with van der Waals surface area (Å²) in [6, 6.07) is 8.57. The number of nitro benzene ring substituents is 1. The molecule has 0 unspecified atom stereocenters. The van der Waals surface area contributed by atoms with Gasteiger partial charge in [0.15, 0.2) is 9.84 Å². The molecule has 0 saturated heterocycles. The highest BCUT2D eigenvalue weighted by Crippen LogP contribution is 2.36. The van der Waals surface area contributed by atoms with E-state index in [0.29, 0.717) is 0 Å². The van der Waals surface area contributed by atoms with E-state index in [1.807, 2.05) is 0 Å². The van der Waals surface area contributed by atoms with Crippen LogP contribution in [0, 0.1) is 10.1 Å². The molecular weight excluding hydrogens is 373 g/mol. The first-order chi connectivity index (χ1) is 11.9. The number of rotatable bonds is 5. The second-order valence-corrected chi connectivity index (χ2v) is 7.65. The first kappa shape index (κ1) is 19.7. The monoisotopic (exact) mass is 388 g/mol. The summed E-state index contributed by atoms with van der Waals surface area (Å²) >= 11 is 0. The normalized spacial score (nSPS) is 12.0. The van der Waals surface area contributed by atoms with Gasteiger partial charge < -0.3 is 4.90 Å². The van der Waals surface area contributed by atoms with Gasteiger partial charge in [-0.3, -0.25) is 10.1 Å². The SMILES string of the molecule is CN(Cc1ccccc1C(F)(F)F)c1cccc(S(C)(=O)=O)c1[N+](=O)[O-]. The molecule has 0 fully saturated rings. The summed E-state index contributed by atoms with van der Waals surface area (Å²) in [5, 5.41) is 11.4. The van der Waals surface area contributed by atoms with Gasteiger partial charge in [-0.2, -0.15) is 13.2 Å². The fourth-order valence-corrected chi connectivity index (χ4v) is 3.43. The van der Waals surface area contributed by atoms with Crippen molar-refractivity contribution in [2.45, 2.75) is 17.6 Å². The Morgan fingerprint density at radius 3 is 2.27 bits per heavy atom. The fourth-order valence-electron chi connectivity index (χ4n) is 2.58. The lowest BCUT2D eigenvalue weighted by Gasteiger charge is -2.22. The van der Waals surface area contributed by atoms with Gasteiger partial charge in [0.2, 0.25) is 0 Å². The minimum Gasteiger partial charge on any atom is -0.365 e. The molecule has 2 aromatic carbocycles. The Morgan fingerprint density at radius 2 is 1.73 bits per heavy atom. The molecule has 10 heteroatoms. The summed E-state index contributed by atoms with van der Waals surface area (Å²) in [6.45, 7) is -0.288. The van der Waals surface area contributed by atoms with Crippen LogP contribution in [0.25, 0.3) is 0 Å². The van der Waals surface area contributed by atoms with Gasteiger partial charge in [-0.25, -0.2) is 8.42 Å². The molecule has 0 N–H and O–H groups in total. The van der Waals surface area contributed by atoms with Crippen LogP contribution >= 0.6 is 0 Å². The Balaban J connectivity index is 2.53. The molecule has 0 heterocycles. The van der Waals surface area contributed by atoms with Gasteiger partial charge in [0.05, 0.1) is 10.5 Å². The van der Waals surface area contributed by atoms with Crippen molar-refractivity contribution in [1.82, 2.24) is 0 Å². The van der Waals surface area contributed by atoms with Crippen molar-refractivity contribution in [3.05, 3.63) is 63.7 Å². The number of benzene rings is 2. The number of para-hydroxylation sites is 1. The van der Waals surface area contributed by atoms with Crippen molar-refractivity contribution in [1.29, 1.82) is 0 Å². The molecule has 0 aliphatic heterocycles. The quantitative estimate of drug-likeness (QED) is 0.577. The largest absolute Gasteiger partial charge is 0.416 e. The summed E-state index contributed by atoms with van der Waals surface area (Å²) < 4.78 is 63.0. The molecule has 6 nitrogen and oxygen atoms in total. The van der Waals surface area contributed by atoms with Crippen molar-refractivity contribution >= 4 is 21.2 Å². The molecule has 26 heavy (non-hydrogen) atoms. The third-order valence-electron chi connectivity index (χ3n) is 3.70. The zero-order valence-corrected chi connectivity index (χ0v) is 14.6. The summed E-state index contributed by atoms with van der Waals surface area (Å²) in [5.74, 6) is 0. The third-order valence-corrected chi connectivity index (χ3v) is 4.83. The average molecular weight is 388 g/mol. The molecule has 0 radical (unpaired) electrons. The summed E-state index contributed by atoms with van der Waals surface area (Å²) in [7, 11) is -2.52. The second-order valence-electron chi connectivity index (χ2n) is 5.66. The third kappa shape index (κ3) is 4.13. The van der Waals surface area contributed by atoms with E-state index in [1.54, 1.807) is 0 Å². The molecule has 0 spiro atoms. The van der Waals surface area contributed by atoms with Crippen molar-refractivity contribution in [2.24, 2.45) is 0 Å². The molecule has 140 valence electrons. The smallest absolute Gasteiger partial charge is 0.365 e. The molecule has 0 amide bonds. The lowest BCUT2D eigenvalue weighted by molar-refractivity contribution is -0.387. The summed E-state index contributed by atoms with van der Waals surface area (Å²) in [6.07, 6.45) is -3.74. The highest BCUT2D eigenvalue weighted by atomic mass is 32.2. The van der Waals surface area contributed by atoms with Crippen LogP contribution in [0.15, 0.2) is 47.4 Å².